The molecule has 1 N–H and O–H groups in total. The van der Waals surface area contributed by atoms with Crippen molar-refractivity contribution in [2.24, 2.45) is 5.92 Å². The number of allylic oxidation sites excluding steroid dienone is 1. The van der Waals surface area contributed by atoms with Gasteiger partial charge in [0, 0.05) is 26.4 Å². The number of nitrogens with one attached hydrogen (secondary N) is 1. The number of carbonyl (C=O) groups excluding carboxylic acids is 2. The van der Waals surface area contributed by atoms with Gasteiger partial charge in [0.2, 0.25) is 0 Å². The highest BCUT2D eigenvalue weighted by Gasteiger charge is 2.14. The summed E-state index contributed by atoms with van der Waals surface area (Å²) < 4.78 is 26.6. The molecule has 160 valence electrons. The highest BCUT2D eigenvalue weighted by atomic mass is 35.5. The smallest absolute Gasteiger partial charge is 0.258 e. The van der Waals surface area contributed by atoms with E-state index in [2.05, 4.69) is 12.2 Å². The lowest BCUT2D eigenvalue weighted by atomic mass is 10.2. The summed E-state index contributed by atoms with van der Waals surface area (Å²) in [6.45, 7) is 2.28. The third-order valence-corrected chi connectivity index (χ3v) is 5.89. The quantitative estimate of drug-likeness (QED) is 0.339. The first-order valence-corrected chi connectivity index (χ1v) is 10.8. The Morgan fingerprint density at radius 2 is 1.84 bits per heavy atom. The van der Waals surface area contributed by atoms with Crippen LogP contribution in [0.15, 0.2) is 60.3 Å². The molecule has 1 heterocycles. The molecular formula is C24H20ClF2NO2S. The lowest BCUT2D eigenvalue weighted by Gasteiger charge is -2.05. The molecule has 7 heteroatoms. The van der Waals surface area contributed by atoms with Crippen molar-refractivity contribution in [1.29, 1.82) is 0 Å². The van der Waals surface area contributed by atoms with Crippen LogP contribution >= 0.6 is 22.9 Å². The van der Waals surface area contributed by atoms with Gasteiger partial charge in [-0.3, -0.25) is 9.59 Å². The number of halogens is 3. The molecule has 31 heavy (non-hydrogen) atoms. The summed E-state index contributed by atoms with van der Waals surface area (Å²) in [6, 6.07) is 13.6. The molecule has 0 bridgehead atoms. The molecule has 1 aliphatic carbocycles. The van der Waals surface area contributed by atoms with Crippen LogP contribution in [0.3, 0.4) is 0 Å². The van der Waals surface area contributed by atoms with E-state index in [1.54, 1.807) is 12.1 Å². The molecule has 0 saturated heterocycles. The second kappa shape index (κ2) is 10.5. The van der Waals surface area contributed by atoms with E-state index < -0.39 is 17.5 Å². The number of thiophene rings is 1. The first-order chi connectivity index (χ1) is 14.9. The maximum Gasteiger partial charge on any atom is 0.258 e. The Balaban J connectivity index is 0.000000610. The fourth-order valence-electron chi connectivity index (χ4n) is 2.53. The van der Waals surface area contributed by atoms with E-state index >= 15 is 0 Å². The average molecular weight is 460 g/mol. The molecule has 4 rings (SSSR count). The number of hydrogen-bond acceptors (Lipinski definition) is 3. The monoisotopic (exact) mass is 459 g/mol. The minimum Gasteiger partial charge on any atom is -0.319 e. The molecule has 1 saturated carbocycles. The van der Waals surface area contributed by atoms with Crippen LogP contribution in [-0.2, 0) is 4.79 Å². The van der Waals surface area contributed by atoms with Crippen molar-refractivity contribution in [1.82, 2.24) is 5.32 Å². The highest BCUT2D eigenvalue weighted by Crippen LogP contribution is 2.33. The van der Waals surface area contributed by atoms with Crippen molar-refractivity contribution in [3.8, 4) is 10.4 Å². The molecule has 0 spiro atoms. The lowest BCUT2D eigenvalue weighted by molar-refractivity contribution is -0.105. The van der Waals surface area contributed by atoms with E-state index in [9.17, 15) is 18.4 Å². The molecule has 3 nitrogen and oxygen atoms in total. The Bertz CT molecular complexity index is 1120. The van der Waals surface area contributed by atoms with E-state index in [0.717, 1.165) is 28.5 Å². The number of amides is 1. The van der Waals surface area contributed by atoms with Gasteiger partial charge in [-0.15, -0.1) is 11.3 Å². The van der Waals surface area contributed by atoms with Crippen molar-refractivity contribution >= 4 is 41.2 Å². The van der Waals surface area contributed by atoms with Gasteiger partial charge in [-0.25, -0.2) is 8.78 Å². The van der Waals surface area contributed by atoms with Crippen molar-refractivity contribution < 1.29 is 18.4 Å². The van der Waals surface area contributed by atoms with Crippen molar-refractivity contribution in [2.45, 2.75) is 19.8 Å². The number of hydrogen-bond donors (Lipinski definition) is 1. The Labute approximate surface area is 188 Å². The van der Waals surface area contributed by atoms with E-state index in [0.29, 0.717) is 22.3 Å². The zero-order valence-corrected chi connectivity index (χ0v) is 18.3. The minimum atomic E-state index is -1.00. The maximum atomic E-state index is 13.7. The predicted octanol–water partition coefficient (Wildman–Crippen LogP) is 6.73. The fourth-order valence-corrected chi connectivity index (χ4v) is 3.82. The lowest BCUT2D eigenvalue weighted by Crippen LogP contribution is -2.24. The summed E-state index contributed by atoms with van der Waals surface area (Å²) in [7, 11) is 0. The number of carbonyl (C=O) groups is 2. The molecular weight excluding hydrogens is 440 g/mol. The Morgan fingerprint density at radius 3 is 2.45 bits per heavy atom. The third kappa shape index (κ3) is 6.57. The summed E-state index contributed by atoms with van der Waals surface area (Å²) in [5, 5.41) is 2.93. The van der Waals surface area contributed by atoms with Gasteiger partial charge < -0.3 is 5.32 Å². The van der Waals surface area contributed by atoms with Gasteiger partial charge in [0.1, 0.15) is 11.6 Å². The molecule has 1 aliphatic rings. The number of benzene rings is 2. The van der Waals surface area contributed by atoms with Gasteiger partial charge in [-0.1, -0.05) is 49.6 Å². The minimum absolute atomic E-state index is 0.0451. The fraction of sp³-hybridized carbons (Fsp3) is 0.167. The topological polar surface area (TPSA) is 46.2 Å². The standard InChI is InChI=1S/C20H12ClF2NO2S.C4H8/c21-17-4-2-1-3-15(17)19-8-6-14(27-19)10-13(11-25)24-20(26)16-7-5-12(22)9-18(16)23;1-4-2-3-4/h1-11H,(H,24,26);4H,2-3H2,1H3/b13-10-;. The summed E-state index contributed by atoms with van der Waals surface area (Å²) >= 11 is 7.56. The number of rotatable bonds is 5. The first kappa shape index (κ1) is 22.8. The van der Waals surface area contributed by atoms with E-state index in [1.807, 2.05) is 24.3 Å². The van der Waals surface area contributed by atoms with Crippen LogP contribution in [0.1, 0.15) is 35.0 Å². The first-order valence-electron chi connectivity index (χ1n) is 9.65. The van der Waals surface area contributed by atoms with E-state index in [4.69, 9.17) is 11.6 Å². The molecule has 1 amide bonds. The van der Waals surface area contributed by atoms with Crippen molar-refractivity contribution in [3.05, 3.63) is 87.4 Å². The molecule has 3 aromatic rings. The van der Waals surface area contributed by atoms with E-state index in [-0.39, 0.29) is 11.3 Å². The molecule has 0 unspecified atom stereocenters. The van der Waals surface area contributed by atoms with Gasteiger partial charge in [0.05, 0.1) is 11.3 Å². The van der Waals surface area contributed by atoms with Gasteiger partial charge in [-0.05, 0) is 42.3 Å². The van der Waals surface area contributed by atoms with Crippen molar-refractivity contribution in [2.75, 3.05) is 0 Å². The van der Waals surface area contributed by atoms with Crippen LogP contribution in [0.4, 0.5) is 8.78 Å². The van der Waals surface area contributed by atoms with Crippen LogP contribution in [0.5, 0.6) is 0 Å². The molecule has 0 radical (unpaired) electrons. The zero-order valence-electron chi connectivity index (χ0n) is 16.7. The SMILES string of the molecule is CC1CC1.O=C/C(=C/c1ccc(-c2ccccc2Cl)s1)NC(=O)c1ccc(F)cc1F. The number of aldehydes is 1. The summed E-state index contributed by atoms with van der Waals surface area (Å²) in [4.78, 5) is 25.0. The van der Waals surface area contributed by atoms with Crippen LogP contribution in [0.2, 0.25) is 5.02 Å². The van der Waals surface area contributed by atoms with Crippen LogP contribution in [-0.4, -0.2) is 12.2 Å². The average Bonchev–Trinajstić information content (AvgIpc) is 3.38. The van der Waals surface area contributed by atoms with Crippen LogP contribution < -0.4 is 5.32 Å². The largest absolute Gasteiger partial charge is 0.319 e. The second-order valence-electron chi connectivity index (χ2n) is 7.16. The summed E-state index contributed by atoms with van der Waals surface area (Å²) in [6.07, 6.45) is 4.89. The Hall–Kier alpha value is -2.83. The second-order valence-corrected chi connectivity index (χ2v) is 8.68. The van der Waals surface area contributed by atoms with Gasteiger partial charge in [0.15, 0.2) is 6.29 Å². The molecule has 2 aromatic carbocycles. The van der Waals surface area contributed by atoms with Crippen LogP contribution in [0, 0.1) is 17.6 Å². The molecule has 1 fully saturated rings. The van der Waals surface area contributed by atoms with Gasteiger partial charge in [-0.2, -0.15) is 0 Å². The zero-order chi connectivity index (χ0) is 22.4. The van der Waals surface area contributed by atoms with Crippen LogP contribution in [0.25, 0.3) is 16.5 Å². The van der Waals surface area contributed by atoms with Gasteiger partial charge >= 0.3 is 0 Å². The van der Waals surface area contributed by atoms with Crippen molar-refractivity contribution in [3.63, 3.8) is 0 Å². The molecule has 0 atom stereocenters. The Morgan fingerprint density at radius 1 is 1.13 bits per heavy atom. The van der Waals surface area contributed by atoms with E-state index in [1.165, 1.54) is 30.3 Å². The molecule has 0 aliphatic heterocycles. The summed E-state index contributed by atoms with van der Waals surface area (Å²) in [5.41, 5.74) is 0.456. The molecule has 1 aromatic heterocycles. The summed E-state index contributed by atoms with van der Waals surface area (Å²) in [5.74, 6) is -1.55. The Kier molecular flexibility index (Phi) is 7.71. The predicted molar refractivity (Wildman–Crippen MR) is 121 cm³/mol. The third-order valence-electron chi connectivity index (χ3n) is 4.49. The highest BCUT2D eigenvalue weighted by molar-refractivity contribution is 7.16. The normalized spacial score (nSPS) is 13.2. The van der Waals surface area contributed by atoms with Gasteiger partial charge in [0.25, 0.3) is 5.91 Å². The maximum absolute atomic E-state index is 13.7.